The molecular formula is C10H15NO4. The lowest BCUT2D eigenvalue weighted by Crippen LogP contribution is -2.45. The highest BCUT2D eigenvalue weighted by Crippen LogP contribution is 2.28. The molecule has 0 saturated carbocycles. The first-order valence-electron chi connectivity index (χ1n) is 4.83. The van der Waals surface area contributed by atoms with Gasteiger partial charge < -0.3 is 14.2 Å². The molecule has 0 radical (unpaired) electrons. The maximum Gasteiger partial charge on any atom is 0.304 e. The maximum atomic E-state index is 10.8. The van der Waals surface area contributed by atoms with Crippen LogP contribution >= 0.6 is 0 Å². The summed E-state index contributed by atoms with van der Waals surface area (Å²) in [6.45, 7) is 4.78. The van der Waals surface area contributed by atoms with E-state index >= 15 is 0 Å². The third kappa shape index (κ3) is 3.86. The van der Waals surface area contributed by atoms with E-state index in [1.54, 1.807) is 13.8 Å². The van der Waals surface area contributed by atoms with E-state index in [1.165, 1.54) is 6.92 Å². The molecule has 1 heterocycles. The van der Waals surface area contributed by atoms with Gasteiger partial charge in [-0.15, -0.1) is 0 Å². The molecule has 1 aliphatic heterocycles. The van der Waals surface area contributed by atoms with E-state index in [2.05, 4.69) is 0 Å². The zero-order valence-electron chi connectivity index (χ0n) is 9.15. The standard InChI is InChI=1S/C10H15NO4/c1-7(12)13-9-6-8(4-5-11)14-10(2,3)15-9/h8-9H,4,6H2,1-3H3. The Labute approximate surface area is 88.9 Å². The summed E-state index contributed by atoms with van der Waals surface area (Å²) < 4.78 is 15.8. The Morgan fingerprint density at radius 1 is 1.60 bits per heavy atom. The van der Waals surface area contributed by atoms with E-state index in [1.807, 2.05) is 6.07 Å². The monoisotopic (exact) mass is 213 g/mol. The summed E-state index contributed by atoms with van der Waals surface area (Å²) in [5.74, 6) is -1.21. The lowest BCUT2D eigenvalue weighted by molar-refractivity contribution is -0.341. The van der Waals surface area contributed by atoms with Crippen LogP contribution in [0.15, 0.2) is 0 Å². The van der Waals surface area contributed by atoms with Crippen molar-refractivity contribution in [3.05, 3.63) is 0 Å². The quantitative estimate of drug-likeness (QED) is 0.647. The summed E-state index contributed by atoms with van der Waals surface area (Å²) in [7, 11) is 0. The van der Waals surface area contributed by atoms with E-state index in [0.717, 1.165) is 0 Å². The molecule has 0 N–H and O–H groups in total. The van der Waals surface area contributed by atoms with Crippen molar-refractivity contribution in [2.75, 3.05) is 0 Å². The van der Waals surface area contributed by atoms with Crippen molar-refractivity contribution in [2.45, 2.75) is 51.8 Å². The molecule has 0 bridgehead atoms. The Morgan fingerprint density at radius 3 is 2.80 bits per heavy atom. The molecule has 84 valence electrons. The lowest BCUT2D eigenvalue weighted by atomic mass is 10.1. The molecular weight excluding hydrogens is 198 g/mol. The number of hydrogen-bond donors (Lipinski definition) is 0. The zero-order chi connectivity index (χ0) is 11.5. The topological polar surface area (TPSA) is 68.6 Å². The SMILES string of the molecule is CC(=O)OC1CC(CC#N)OC(C)(C)O1. The fraction of sp³-hybridized carbons (Fsp3) is 0.800. The van der Waals surface area contributed by atoms with Crippen molar-refractivity contribution >= 4 is 5.97 Å². The molecule has 1 rings (SSSR count). The van der Waals surface area contributed by atoms with Gasteiger partial charge in [0.05, 0.1) is 18.6 Å². The predicted octanol–water partition coefficient (Wildman–Crippen LogP) is 1.33. The highest BCUT2D eigenvalue weighted by molar-refractivity contribution is 5.66. The smallest absolute Gasteiger partial charge is 0.304 e. The molecule has 2 atom stereocenters. The minimum absolute atomic E-state index is 0.247. The second-order valence-electron chi connectivity index (χ2n) is 3.89. The van der Waals surface area contributed by atoms with E-state index < -0.39 is 18.0 Å². The average Bonchev–Trinajstić information content (AvgIpc) is 1.99. The zero-order valence-corrected chi connectivity index (χ0v) is 9.15. The minimum Gasteiger partial charge on any atom is -0.436 e. The highest BCUT2D eigenvalue weighted by atomic mass is 16.8. The summed E-state index contributed by atoms with van der Waals surface area (Å²) in [4.78, 5) is 10.8. The lowest BCUT2D eigenvalue weighted by Gasteiger charge is -2.39. The van der Waals surface area contributed by atoms with Crippen molar-refractivity contribution in [1.82, 2.24) is 0 Å². The summed E-state index contributed by atoms with van der Waals surface area (Å²) in [6.07, 6.45) is -0.200. The van der Waals surface area contributed by atoms with Crippen molar-refractivity contribution in [3.63, 3.8) is 0 Å². The Bertz CT molecular complexity index is 282. The third-order valence-corrected chi connectivity index (χ3v) is 1.94. The Hall–Kier alpha value is -1.12. The molecule has 0 aliphatic carbocycles. The molecule has 1 fully saturated rings. The van der Waals surface area contributed by atoms with Crippen LogP contribution in [0.2, 0.25) is 0 Å². The number of ether oxygens (including phenoxy) is 3. The van der Waals surface area contributed by atoms with Gasteiger partial charge in [0.1, 0.15) is 0 Å². The second kappa shape index (κ2) is 4.60. The van der Waals surface area contributed by atoms with Gasteiger partial charge in [-0.25, -0.2) is 0 Å². The van der Waals surface area contributed by atoms with Gasteiger partial charge in [-0.3, -0.25) is 4.79 Å². The summed E-state index contributed by atoms with van der Waals surface area (Å²) >= 11 is 0. The number of carbonyl (C=O) groups excluding carboxylic acids is 1. The van der Waals surface area contributed by atoms with Gasteiger partial charge in [-0.1, -0.05) is 0 Å². The van der Waals surface area contributed by atoms with Crippen LogP contribution in [-0.4, -0.2) is 24.2 Å². The van der Waals surface area contributed by atoms with Crippen LogP contribution in [0.4, 0.5) is 0 Å². The Morgan fingerprint density at radius 2 is 2.27 bits per heavy atom. The molecule has 1 saturated heterocycles. The molecule has 0 aromatic heterocycles. The number of carbonyl (C=O) groups is 1. The molecule has 5 heteroatoms. The predicted molar refractivity (Wildman–Crippen MR) is 50.4 cm³/mol. The summed E-state index contributed by atoms with van der Waals surface area (Å²) in [5, 5.41) is 8.58. The van der Waals surface area contributed by atoms with Gasteiger partial charge in [0.2, 0.25) is 6.29 Å². The Balaban J connectivity index is 2.60. The van der Waals surface area contributed by atoms with E-state index in [0.29, 0.717) is 6.42 Å². The average molecular weight is 213 g/mol. The van der Waals surface area contributed by atoms with Crippen LogP contribution in [0.25, 0.3) is 0 Å². The number of rotatable bonds is 2. The van der Waals surface area contributed by atoms with Crippen LogP contribution < -0.4 is 0 Å². The Kier molecular flexibility index (Phi) is 3.66. The van der Waals surface area contributed by atoms with Crippen LogP contribution in [0.3, 0.4) is 0 Å². The number of nitriles is 1. The molecule has 0 aromatic carbocycles. The molecule has 2 unspecified atom stereocenters. The largest absolute Gasteiger partial charge is 0.436 e. The van der Waals surface area contributed by atoms with Gasteiger partial charge in [-0.2, -0.15) is 5.26 Å². The number of nitrogens with zero attached hydrogens (tertiary/aromatic N) is 1. The second-order valence-corrected chi connectivity index (χ2v) is 3.89. The molecule has 5 nitrogen and oxygen atoms in total. The van der Waals surface area contributed by atoms with Gasteiger partial charge in [0.25, 0.3) is 0 Å². The highest BCUT2D eigenvalue weighted by Gasteiger charge is 2.36. The van der Waals surface area contributed by atoms with Crippen LogP contribution in [-0.2, 0) is 19.0 Å². The minimum atomic E-state index is -0.820. The van der Waals surface area contributed by atoms with Gasteiger partial charge in [0, 0.05) is 13.3 Å². The molecule has 1 aliphatic rings. The van der Waals surface area contributed by atoms with Gasteiger partial charge in [-0.05, 0) is 13.8 Å². The van der Waals surface area contributed by atoms with Crippen molar-refractivity contribution < 1.29 is 19.0 Å². The van der Waals surface area contributed by atoms with Crippen molar-refractivity contribution in [2.24, 2.45) is 0 Å². The van der Waals surface area contributed by atoms with Gasteiger partial charge in [0.15, 0.2) is 5.79 Å². The first-order chi connectivity index (χ1) is 6.93. The maximum absolute atomic E-state index is 10.8. The van der Waals surface area contributed by atoms with Gasteiger partial charge >= 0.3 is 5.97 Å². The molecule has 15 heavy (non-hydrogen) atoms. The van der Waals surface area contributed by atoms with Crippen LogP contribution in [0.1, 0.15) is 33.6 Å². The molecule has 0 aromatic rings. The van der Waals surface area contributed by atoms with E-state index in [-0.39, 0.29) is 12.5 Å². The van der Waals surface area contributed by atoms with Crippen LogP contribution in [0.5, 0.6) is 0 Å². The molecule has 0 amide bonds. The summed E-state index contributed by atoms with van der Waals surface area (Å²) in [6, 6.07) is 2.03. The fourth-order valence-electron chi connectivity index (χ4n) is 1.54. The first kappa shape index (κ1) is 12.0. The third-order valence-electron chi connectivity index (χ3n) is 1.94. The normalized spacial score (nSPS) is 29.2. The first-order valence-corrected chi connectivity index (χ1v) is 4.83. The fourth-order valence-corrected chi connectivity index (χ4v) is 1.54. The number of esters is 1. The molecule has 0 spiro atoms. The van der Waals surface area contributed by atoms with Crippen LogP contribution in [0, 0.1) is 11.3 Å². The van der Waals surface area contributed by atoms with E-state index in [4.69, 9.17) is 19.5 Å². The summed E-state index contributed by atoms with van der Waals surface area (Å²) in [5.41, 5.74) is 0. The van der Waals surface area contributed by atoms with Crippen molar-refractivity contribution in [3.8, 4) is 6.07 Å². The van der Waals surface area contributed by atoms with E-state index in [9.17, 15) is 4.79 Å². The number of hydrogen-bond acceptors (Lipinski definition) is 5. The van der Waals surface area contributed by atoms with Crippen molar-refractivity contribution in [1.29, 1.82) is 5.26 Å².